The number of halogens is 2. The Balaban J connectivity index is 2.33. The Morgan fingerprint density at radius 3 is 2.56 bits per heavy atom. The third-order valence-corrected chi connectivity index (χ3v) is 5.76. The first kappa shape index (κ1) is 13.5. The zero-order valence-electron chi connectivity index (χ0n) is 9.06. The molecule has 0 atom stereocenters. The molecule has 7 heteroatoms. The van der Waals surface area contributed by atoms with Gasteiger partial charge in [0.15, 0.2) is 9.84 Å². The second kappa shape index (κ2) is 4.99. The van der Waals surface area contributed by atoms with Crippen molar-refractivity contribution in [2.45, 2.75) is 10.6 Å². The largest absolute Gasteiger partial charge is 0.396 e. The monoisotopic (exact) mass is 349 g/mol. The number of anilines is 1. The van der Waals surface area contributed by atoms with Crippen LogP contribution in [0.5, 0.6) is 0 Å². The molecule has 3 nitrogen and oxygen atoms in total. The van der Waals surface area contributed by atoms with Crippen molar-refractivity contribution >= 4 is 42.8 Å². The van der Waals surface area contributed by atoms with E-state index < -0.39 is 15.7 Å². The molecule has 0 aliphatic heterocycles. The number of nitrogens with two attached hydrogens (primary N) is 1. The maximum absolute atomic E-state index is 13.3. The van der Waals surface area contributed by atoms with Gasteiger partial charge in [0, 0.05) is 4.88 Å². The predicted molar refractivity (Wildman–Crippen MR) is 73.7 cm³/mol. The molecule has 0 saturated heterocycles. The lowest BCUT2D eigenvalue weighted by atomic mass is 10.3. The van der Waals surface area contributed by atoms with Crippen LogP contribution in [0.25, 0.3) is 0 Å². The minimum atomic E-state index is -3.55. The highest BCUT2D eigenvalue weighted by Gasteiger charge is 2.17. The summed E-state index contributed by atoms with van der Waals surface area (Å²) < 4.78 is 38.2. The van der Waals surface area contributed by atoms with Crippen LogP contribution in [0, 0.1) is 5.82 Å². The molecule has 2 N–H and O–H groups in total. The Bertz CT molecular complexity index is 682. The molecule has 1 heterocycles. The molecular formula is C11H9BrFNO2S2. The van der Waals surface area contributed by atoms with Crippen molar-refractivity contribution in [1.29, 1.82) is 0 Å². The molecule has 0 aliphatic carbocycles. The minimum absolute atomic E-state index is 0.0567. The summed E-state index contributed by atoms with van der Waals surface area (Å²) in [6, 6.07) is 7.02. The predicted octanol–water partition coefficient (Wildman–Crippen LogP) is 3.21. The van der Waals surface area contributed by atoms with Crippen molar-refractivity contribution in [3.8, 4) is 0 Å². The standard InChI is InChI=1S/C11H9BrFNO2S2/c12-11-4-1-7(17-11)6-18(15,16)8-2-3-10(14)9(13)5-8/h1-5H,6,14H2. The van der Waals surface area contributed by atoms with Crippen molar-refractivity contribution in [3.63, 3.8) is 0 Å². The third kappa shape index (κ3) is 2.90. The average Bonchev–Trinajstić information content (AvgIpc) is 2.67. The Labute approximate surface area is 116 Å². The van der Waals surface area contributed by atoms with E-state index in [2.05, 4.69) is 15.9 Å². The van der Waals surface area contributed by atoms with E-state index in [4.69, 9.17) is 5.73 Å². The summed E-state index contributed by atoms with van der Waals surface area (Å²) in [7, 11) is -3.55. The highest BCUT2D eigenvalue weighted by atomic mass is 79.9. The van der Waals surface area contributed by atoms with E-state index in [1.807, 2.05) is 0 Å². The number of benzene rings is 1. The molecule has 0 radical (unpaired) electrons. The van der Waals surface area contributed by atoms with Crippen LogP contribution in [0.3, 0.4) is 0 Å². The van der Waals surface area contributed by atoms with E-state index in [0.29, 0.717) is 4.88 Å². The van der Waals surface area contributed by atoms with Crippen LogP contribution in [-0.4, -0.2) is 8.42 Å². The summed E-state index contributed by atoms with van der Waals surface area (Å²) in [6.07, 6.45) is 0. The average molecular weight is 350 g/mol. The highest BCUT2D eigenvalue weighted by molar-refractivity contribution is 9.11. The summed E-state index contributed by atoms with van der Waals surface area (Å²) in [5.74, 6) is -0.865. The van der Waals surface area contributed by atoms with E-state index in [-0.39, 0.29) is 16.3 Å². The summed E-state index contributed by atoms with van der Waals surface area (Å²) in [5, 5.41) is 0. The molecular weight excluding hydrogens is 341 g/mol. The number of hydrogen-bond acceptors (Lipinski definition) is 4. The lowest BCUT2D eigenvalue weighted by molar-refractivity contribution is 0.591. The van der Waals surface area contributed by atoms with E-state index in [1.54, 1.807) is 12.1 Å². The van der Waals surface area contributed by atoms with Crippen LogP contribution < -0.4 is 5.73 Å². The SMILES string of the molecule is Nc1ccc(S(=O)(=O)Cc2ccc(Br)s2)cc1F. The molecule has 0 amide bonds. The van der Waals surface area contributed by atoms with Crippen LogP contribution in [0.15, 0.2) is 39.0 Å². The number of hydrogen-bond donors (Lipinski definition) is 1. The van der Waals surface area contributed by atoms with E-state index in [9.17, 15) is 12.8 Å². The van der Waals surface area contributed by atoms with E-state index in [0.717, 1.165) is 9.85 Å². The smallest absolute Gasteiger partial charge is 0.183 e. The molecule has 1 aromatic heterocycles. The molecule has 0 spiro atoms. The summed E-state index contributed by atoms with van der Waals surface area (Å²) in [5.41, 5.74) is 5.25. The lowest BCUT2D eigenvalue weighted by Crippen LogP contribution is -2.05. The van der Waals surface area contributed by atoms with Crippen LogP contribution in [0.4, 0.5) is 10.1 Å². The van der Waals surface area contributed by atoms with Gasteiger partial charge in [0.05, 0.1) is 20.1 Å². The van der Waals surface area contributed by atoms with Gasteiger partial charge < -0.3 is 5.73 Å². The van der Waals surface area contributed by atoms with Crippen LogP contribution in [-0.2, 0) is 15.6 Å². The zero-order valence-corrected chi connectivity index (χ0v) is 12.3. The highest BCUT2D eigenvalue weighted by Crippen LogP contribution is 2.26. The van der Waals surface area contributed by atoms with Crippen molar-refractivity contribution in [1.82, 2.24) is 0 Å². The molecule has 2 rings (SSSR count). The van der Waals surface area contributed by atoms with Crippen molar-refractivity contribution in [3.05, 3.63) is 44.8 Å². The Hall–Kier alpha value is -0.920. The summed E-state index contributed by atoms with van der Waals surface area (Å²) in [6.45, 7) is 0. The van der Waals surface area contributed by atoms with Gasteiger partial charge in [0.25, 0.3) is 0 Å². The zero-order chi connectivity index (χ0) is 13.3. The van der Waals surface area contributed by atoms with Crippen molar-refractivity contribution < 1.29 is 12.8 Å². The second-order valence-corrected chi connectivity index (χ2v) is 8.19. The van der Waals surface area contributed by atoms with E-state index >= 15 is 0 Å². The fourth-order valence-electron chi connectivity index (χ4n) is 1.40. The lowest BCUT2D eigenvalue weighted by Gasteiger charge is -2.04. The first-order valence-electron chi connectivity index (χ1n) is 4.90. The van der Waals surface area contributed by atoms with Gasteiger partial charge in [-0.25, -0.2) is 12.8 Å². The molecule has 0 fully saturated rings. The normalized spacial score (nSPS) is 11.7. The first-order chi connectivity index (χ1) is 8.38. The molecule has 0 unspecified atom stereocenters. The number of thiophene rings is 1. The maximum atomic E-state index is 13.3. The molecule has 0 bridgehead atoms. The van der Waals surface area contributed by atoms with Gasteiger partial charge in [0.1, 0.15) is 5.82 Å². The molecule has 18 heavy (non-hydrogen) atoms. The summed E-state index contributed by atoms with van der Waals surface area (Å²) in [4.78, 5) is 0.637. The fourth-order valence-corrected chi connectivity index (χ4v) is 4.58. The topological polar surface area (TPSA) is 60.2 Å². The third-order valence-electron chi connectivity index (χ3n) is 2.29. The quantitative estimate of drug-likeness (QED) is 0.865. The van der Waals surface area contributed by atoms with Crippen molar-refractivity contribution in [2.75, 3.05) is 5.73 Å². The van der Waals surface area contributed by atoms with Crippen LogP contribution in [0.1, 0.15) is 4.88 Å². The Morgan fingerprint density at radius 1 is 1.28 bits per heavy atom. The molecule has 0 aliphatic rings. The number of sulfone groups is 1. The first-order valence-corrected chi connectivity index (χ1v) is 8.17. The summed E-state index contributed by atoms with van der Waals surface area (Å²) >= 11 is 4.60. The Kier molecular flexibility index (Phi) is 3.74. The van der Waals surface area contributed by atoms with Gasteiger partial charge in [-0.1, -0.05) is 0 Å². The number of nitrogen functional groups attached to an aromatic ring is 1. The molecule has 0 saturated carbocycles. The van der Waals surface area contributed by atoms with E-state index in [1.165, 1.54) is 23.5 Å². The van der Waals surface area contributed by atoms with Crippen LogP contribution >= 0.6 is 27.3 Å². The van der Waals surface area contributed by atoms with Gasteiger partial charge in [-0.15, -0.1) is 11.3 Å². The second-order valence-electron chi connectivity index (χ2n) is 3.65. The van der Waals surface area contributed by atoms with Gasteiger partial charge >= 0.3 is 0 Å². The minimum Gasteiger partial charge on any atom is -0.396 e. The van der Waals surface area contributed by atoms with Gasteiger partial charge in [-0.3, -0.25) is 0 Å². The maximum Gasteiger partial charge on any atom is 0.183 e. The Morgan fingerprint density at radius 2 is 2.00 bits per heavy atom. The van der Waals surface area contributed by atoms with Crippen LogP contribution in [0.2, 0.25) is 0 Å². The molecule has 1 aromatic carbocycles. The van der Waals surface area contributed by atoms with Gasteiger partial charge in [0.2, 0.25) is 0 Å². The fraction of sp³-hybridized carbons (Fsp3) is 0.0909. The molecule has 2 aromatic rings. The van der Waals surface area contributed by atoms with Crippen molar-refractivity contribution in [2.24, 2.45) is 0 Å². The van der Waals surface area contributed by atoms with Gasteiger partial charge in [-0.05, 0) is 46.3 Å². The number of rotatable bonds is 3. The molecule has 96 valence electrons. The van der Waals surface area contributed by atoms with Gasteiger partial charge in [-0.2, -0.15) is 0 Å².